The van der Waals surface area contributed by atoms with Crippen molar-refractivity contribution >= 4 is 6.29 Å². The lowest BCUT2D eigenvalue weighted by molar-refractivity contribution is -0.111. The third-order valence-corrected chi connectivity index (χ3v) is 2.90. The maximum atomic E-state index is 10.7. The average molecular weight is 210 g/mol. The number of rotatable bonds is 7. The lowest BCUT2D eigenvalue weighted by atomic mass is 9.75. The molecule has 0 rings (SSSR count). The molecule has 0 N–H and O–H groups in total. The third kappa shape index (κ3) is 6.48. The first-order valence-corrected chi connectivity index (χ1v) is 6.02. The van der Waals surface area contributed by atoms with E-state index in [9.17, 15) is 4.79 Å². The fraction of sp³-hybridized carbons (Fsp3) is 0.786. The van der Waals surface area contributed by atoms with E-state index in [0.717, 1.165) is 19.1 Å². The second-order valence-corrected chi connectivity index (χ2v) is 5.36. The highest BCUT2D eigenvalue weighted by Crippen LogP contribution is 2.35. The van der Waals surface area contributed by atoms with Crippen LogP contribution in [0, 0.1) is 11.3 Å². The van der Waals surface area contributed by atoms with Crippen molar-refractivity contribution in [2.45, 2.75) is 60.3 Å². The lowest BCUT2D eigenvalue weighted by Gasteiger charge is -2.29. The van der Waals surface area contributed by atoms with Crippen LogP contribution in [0.2, 0.25) is 0 Å². The van der Waals surface area contributed by atoms with E-state index in [1.165, 1.54) is 18.4 Å². The molecular weight excluding hydrogens is 184 g/mol. The van der Waals surface area contributed by atoms with Gasteiger partial charge in [-0.15, -0.1) is 0 Å². The zero-order valence-corrected chi connectivity index (χ0v) is 11.0. The van der Waals surface area contributed by atoms with E-state index in [0.29, 0.717) is 5.41 Å². The standard InChI is InChI=1S/C14H26O/c1-6-8-14(5,9-7-12(2)3)10-13(4)11-15/h7,11,13H,6,8-10H2,1-5H3. The minimum absolute atomic E-state index is 0.187. The lowest BCUT2D eigenvalue weighted by Crippen LogP contribution is -2.19. The molecule has 0 fully saturated rings. The van der Waals surface area contributed by atoms with Gasteiger partial charge in [0.25, 0.3) is 0 Å². The van der Waals surface area contributed by atoms with Crippen molar-refractivity contribution in [2.24, 2.45) is 11.3 Å². The Morgan fingerprint density at radius 2 is 2.00 bits per heavy atom. The van der Waals surface area contributed by atoms with E-state index < -0.39 is 0 Å². The highest BCUT2D eigenvalue weighted by Gasteiger charge is 2.24. The summed E-state index contributed by atoms with van der Waals surface area (Å²) in [6, 6.07) is 0. The van der Waals surface area contributed by atoms with Crippen molar-refractivity contribution < 1.29 is 4.79 Å². The minimum atomic E-state index is 0.187. The van der Waals surface area contributed by atoms with Crippen LogP contribution >= 0.6 is 0 Å². The van der Waals surface area contributed by atoms with Gasteiger partial charge in [0.2, 0.25) is 0 Å². The number of carbonyl (C=O) groups excluding carboxylic acids is 1. The fourth-order valence-corrected chi connectivity index (χ4v) is 2.17. The fourth-order valence-electron chi connectivity index (χ4n) is 2.17. The molecule has 88 valence electrons. The summed E-state index contributed by atoms with van der Waals surface area (Å²) in [5, 5.41) is 0. The highest BCUT2D eigenvalue weighted by molar-refractivity contribution is 5.52. The van der Waals surface area contributed by atoms with E-state index in [1.54, 1.807) is 0 Å². The molecular formula is C14H26O. The number of aldehydes is 1. The van der Waals surface area contributed by atoms with Gasteiger partial charge >= 0.3 is 0 Å². The highest BCUT2D eigenvalue weighted by atomic mass is 16.1. The number of hydrogen-bond donors (Lipinski definition) is 0. The number of allylic oxidation sites excluding steroid dienone is 2. The number of carbonyl (C=O) groups is 1. The molecule has 0 radical (unpaired) electrons. The van der Waals surface area contributed by atoms with Gasteiger partial charge in [-0.2, -0.15) is 0 Å². The first-order valence-electron chi connectivity index (χ1n) is 6.02. The van der Waals surface area contributed by atoms with Crippen LogP contribution in [0.1, 0.15) is 60.3 Å². The van der Waals surface area contributed by atoms with Gasteiger partial charge in [0.15, 0.2) is 0 Å². The van der Waals surface area contributed by atoms with Crippen LogP contribution in [0.3, 0.4) is 0 Å². The monoisotopic (exact) mass is 210 g/mol. The maximum Gasteiger partial charge on any atom is 0.122 e. The molecule has 0 aliphatic rings. The third-order valence-electron chi connectivity index (χ3n) is 2.90. The van der Waals surface area contributed by atoms with Gasteiger partial charge in [-0.25, -0.2) is 0 Å². The summed E-state index contributed by atoms with van der Waals surface area (Å²) in [7, 11) is 0. The van der Waals surface area contributed by atoms with Gasteiger partial charge in [0, 0.05) is 5.92 Å². The minimum Gasteiger partial charge on any atom is -0.303 e. The van der Waals surface area contributed by atoms with Crippen molar-refractivity contribution in [1.82, 2.24) is 0 Å². The van der Waals surface area contributed by atoms with Crippen LogP contribution in [0.15, 0.2) is 11.6 Å². The Morgan fingerprint density at radius 3 is 2.40 bits per heavy atom. The number of hydrogen-bond acceptors (Lipinski definition) is 1. The summed E-state index contributed by atoms with van der Waals surface area (Å²) < 4.78 is 0. The van der Waals surface area contributed by atoms with Crippen LogP contribution in [0.25, 0.3) is 0 Å². The van der Waals surface area contributed by atoms with Crippen molar-refractivity contribution in [3.8, 4) is 0 Å². The van der Waals surface area contributed by atoms with Crippen molar-refractivity contribution in [3.63, 3.8) is 0 Å². The van der Waals surface area contributed by atoms with E-state index in [4.69, 9.17) is 0 Å². The maximum absolute atomic E-state index is 10.7. The first-order chi connectivity index (χ1) is 6.93. The summed E-state index contributed by atoms with van der Waals surface area (Å²) in [5.41, 5.74) is 1.67. The molecule has 0 amide bonds. The van der Waals surface area contributed by atoms with E-state index in [-0.39, 0.29) is 5.92 Å². The van der Waals surface area contributed by atoms with Crippen LogP contribution in [-0.2, 0) is 4.79 Å². The molecule has 0 spiro atoms. The quantitative estimate of drug-likeness (QED) is 0.450. The average Bonchev–Trinajstić information content (AvgIpc) is 2.15. The Labute approximate surface area is 95.0 Å². The molecule has 15 heavy (non-hydrogen) atoms. The molecule has 1 heteroatoms. The van der Waals surface area contributed by atoms with E-state index in [1.807, 2.05) is 6.92 Å². The van der Waals surface area contributed by atoms with E-state index >= 15 is 0 Å². The summed E-state index contributed by atoms with van der Waals surface area (Å²) in [6.45, 7) is 10.8. The Bertz CT molecular complexity index is 213. The summed E-state index contributed by atoms with van der Waals surface area (Å²) in [5.74, 6) is 0.187. The first kappa shape index (κ1) is 14.4. The Balaban J connectivity index is 4.43. The second kappa shape index (κ2) is 6.81. The zero-order chi connectivity index (χ0) is 11.9. The molecule has 0 bridgehead atoms. The predicted octanol–water partition coefficient (Wildman–Crippen LogP) is 4.37. The van der Waals surface area contributed by atoms with Gasteiger partial charge in [0.05, 0.1) is 0 Å². The SMILES string of the molecule is CCCC(C)(CC=C(C)C)CC(C)C=O. The van der Waals surface area contributed by atoms with Crippen LogP contribution < -0.4 is 0 Å². The molecule has 0 aliphatic carbocycles. The molecule has 0 saturated carbocycles. The Kier molecular flexibility index (Phi) is 6.55. The predicted molar refractivity (Wildman–Crippen MR) is 66.9 cm³/mol. The van der Waals surface area contributed by atoms with Gasteiger partial charge in [-0.05, 0) is 38.5 Å². The summed E-state index contributed by atoms with van der Waals surface area (Å²) in [4.78, 5) is 10.7. The Hall–Kier alpha value is -0.590. The smallest absolute Gasteiger partial charge is 0.122 e. The van der Waals surface area contributed by atoms with Gasteiger partial charge in [-0.3, -0.25) is 0 Å². The van der Waals surface area contributed by atoms with Crippen molar-refractivity contribution in [1.29, 1.82) is 0 Å². The van der Waals surface area contributed by atoms with Crippen molar-refractivity contribution in [3.05, 3.63) is 11.6 Å². The van der Waals surface area contributed by atoms with Crippen LogP contribution in [0.5, 0.6) is 0 Å². The zero-order valence-electron chi connectivity index (χ0n) is 11.0. The molecule has 0 saturated heterocycles. The van der Waals surface area contributed by atoms with Gasteiger partial charge in [-0.1, -0.05) is 38.8 Å². The molecule has 0 heterocycles. The van der Waals surface area contributed by atoms with E-state index in [2.05, 4.69) is 33.8 Å². The Morgan fingerprint density at radius 1 is 1.40 bits per heavy atom. The molecule has 0 aromatic rings. The molecule has 0 aromatic carbocycles. The summed E-state index contributed by atoms with van der Waals surface area (Å²) >= 11 is 0. The van der Waals surface area contributed by atoms with Gasteiger partial charge < -0.3 is 4.79 Å². The molecule has 0 aliphatic heterocycles. The van der Waals surface area contributed by atoms with Crippen LogP contribution in [0.4, 0.5) is 0 Å². The van der Waals surface area contributed by atoms with Crippen LogP contribution in [-0.4, -0.2) is 6.29 Å². The molecule has 2 atom stereocenters. The summed E-state index contributed by atoms with van der Waals surface area (Å²) in [6.07, 6.45) is 7.88. The topological polar surface area (TPSA) is 17.1 Å². The molecule has 0 aromatic heterocycles. The van der Waals surface area contributed by atoms with Gasteiger partial charge in [0.1, 0.15) is 6.29 Å². The largest absolute Gasteiger partial charge is 0.303 e. The van der Waals surface area contributed by atoms with Crippen molar-refractivity contribution in [2.75, 3.05) is 0 Å². The molecule has 2 unspecified atom stereocenters. The second-order valence-electron chi connectivity index (χ2n) is 5.36. The molecule has 1 nitrogen and oxygen atoms in total. The normalized spacial score (nSPS) is 16.6.